The molecule has 1 aliphatic heterocycles. The number of hydrogen-bond donors (Lipinski definition) is 2. The number of fused-ring (bicyclic) bond motifs is 1. The monoisotopic (exact) mass is 446 g/mol. The first kappa shape index (κ1) is 18.7. The second kappa shape index (κ2) is 7.78. The van der Waals surface area contributed by atoms with Crippen LogP contribution >= 0.6 is 15.9 Å². The van der Waals surface area contributed by atoms with Crippen molar-refractivity contribution in [2.24, 2.45) is 16.0 Å². The third kappa shape index (κ3) is 3.58. The summed E-state index contributed by atoms with van der Waals surface area (Å²) in [5.41, 5.74) is 8.37. The Morgan fingerprint density at radius 3 is 2.55 bits per heavy atom. The molecular formula is C22H15BrN4O2. The molecule has 1 aliphatic rings. The summed E-state index contributed by atoms with van der Waals surface area (Å²) in [5, 5.41) is 29.0. The van der Waals surface area contributed by atoms with E-state index in [4.69, 9.17) is 10.5 Å². The highest BCUT2D eigenvalue weighted by Gasteiger charge is 2.34. The average Bonchev–Trinajstić information content (AvgIpc) is 2.73. The molecule has 1 heterocycles. The van der Waals surface area contributed by atoms with Gasteiger partial charge in [-0.2, -0.15) is 10.4 Å². The molecule has 6 nitrogen and oxygen atoms in total. The van der Waals surface area contributed by atoms with E-state index in [-0.39, 0.29) is 22.9 Å². The van der Waals surface area contributed by atoms with Crippen molar-refractivity contribution >= 4 is 27.3 Å². The maximum Gasteiger partial charge on any atom is 0.205 e. The fourth-order valence-corrected chi connectivity index (χ4v) is 3.65. The van der Waals surface area contributed by atoms with Gasteiger partial charge in [0, 0.05) is 4.47 Å². The molecule has 4 rings (SSSR count). The van der Waals surface area contributed by atoms with Gasteiger partial charge >= 0.3 is 0 Å². The van der Waals surface area contributed by atoms with Crippen LogP contribution in [-0.4, -0.2) is 5.11 Å². The largest absolute Gasteiger partial charge is 0.505 e. The molecule has 0 fully saturated rings. The lowest BCUT2D eigenvalue weighted by molar-refractivity contribution is 0.382. The third-order valence-electron chi connectivity index (χ3n) is 4.55. The number of phenols is 1. The minimum absolute atomic E-state index is 0.0167. The van der Waals surface area contributed by atoms with Crippen molar-refractivity contribution in [2.75, 3.05) is 0 Å². The van der Waals surface area contributed by atoms with E-state index in [0.29, 0.717) is 17.0 Å². The van der Waals surface area contributed by atoms with Crippen molar-refractivity contribution in [3.63, 3.8) is 0 Å². The Morgan fingerprint density at radius 1 is 1.03 bits per heavy atom. The van der Waals surface area contributed by atoms with Crippen molar-refractivity contribution in [3.8, 4) is 17.6 Å². The molecule has 0 radical (unpaired) electrons. The van der Waals surface area contributed by atoms with Gasteiger partial charge < -0.3 is 15.6 Å². The topological polar surface area (TPSA) is 104 Å². The van der Waals surface area contributed by atoms with E-state index in [9.17, 15) is 10.4 Å². The number of benzene rings is 3. The van der Waals surface area contributed by atoms with Gasteiger partial charge in [-0.05, 0) is 42.0 Å². The van der Waals surface area contributed by atoms with Crippen LogP contribution in [-0.2, 0) is 0 Å². The van der Waals surface area contributed by atoms with Gasteiger partial charge in [0.15, 0.2) is 5.75 Å². The molecular weight excluding hydrogens is 432 g/mol. The Morgan fingerprint density at radius 2 is 1.83 bits per heavy atom. The Hall–Kier alpha value is -3.63. The van der Waals surface area contributed by atoms with E-state index in [2.05, 4.69) is 32.2 Å². The lowest BCUT2D eigenvalue weighted by Crippen LogP contribution is -2.21. The van der Waals surface area contributed by atoms with E-state index in [1.54, 1.807) is 12.1 Å². The predicted molar refractivity (Wildman–Crippen MR) is 112 cm³/mol. The number of allylic oxidation sites excluding steroid dienone is 1. The number of phenolic OH excluding ortho intramolecular Hbond substituents is 1. The fourth-order valence-electron chi connectivity index (χ4n) is 3.23. The smallest absolute Gasteiger partial charge is 0.205 e. The van der Waals surface area contributed by atoms with Crippen LogP contribution in [0.5, 0.6) is 11.5 Å². The molecule has 0 aromatic heterocycles. The van der Waals surface area contributed by atoms with Crippen LogP contribution in [0.3, 0.4) is 0 Å². The highest BCUT2D eigenvalue weighted by molar-refractivity contribution is 9.10. The molecule has 1 unspecified atom stereocenters. The normalized spacial score (nSPS) is 15.7. The first-order valence-corrected chi connectivity index (χ1v) is 9.53. The number of ether oxygens (including phenoxy) is 1. The molecule has 7 heteroatoms. The van der Waals surface area contributed by atoms with Crippen molar-refractivity contribution in [2.45, 2.75) is 5.92 Å². The molecule has 0 spiro atoms. The van der Waals surface area contributed by atoms with Gasteiger partial charge in [0.05, 0.1) is 17.2 Å². The zero-order valence-corrected chi connectivity index (χ0v) is 16.7. The highest BCUT2D eigenvalue weighted by Crippen LogP contribution is 2.49. The van der Waals surface area contributed by atoms with Crippen LogP contribution in [0.15, 0.2) is 92.9 Å². The molecule has 1 atom stereocenters. The predicted octanol–water partition coefficient (Wildman–Crippen LogP) is 5.79. The summed E-state index contributed by atoms with van der Waals surface area (Å²) in [5.74, 6) is -0.300. The Labute approximate surface area is 175 Å². The van der Waals surface area contributed by atoms with Gasteiger partial charge in [0.25, 0.3) is 0 Å². The fraction of sp³-hybridized carbons (Fsp3) is 0.0455. The first-order chi connectivity index (χ1) is 14.1. The number of rotatable bonds is 3. The van der Waals surface area contributed by atoms with Gasteiger partial charge in [-0.25, -0.2) is 0 Å². The summed E-state index contributed by atoms with van der Waals surface area (Å²) in [6.07, 6.45) is 0. The third-order valence-corrected chi connectivity index (χ3v) is 5.04. The zero-order valence-electron chi connectivity index (χ0n) is 15.1. The maximum atomic E-state index is 11.0. The number of nitriles is 1. The Kier molecular flexibility index (Phi) is 5.02. The Balaban J connectivity index is 1.86. The zero-order chi connectivity index (χ0) is 20.4. The van der Waals surface area contributed by atoms with Crippen molar-refractivity contribution in [1.82, 2.24) is 0 Å². The summed E-state index contributed by atoms with van der Waals surface area (Å²) >= 11 is 3.45. The van der Waals surface area contributed by atoms with Crippen LogP contribution in [0.25, 0.3) is 0 Å². The average molecular weight is 447 g/mol. The molecule has 3 N–H and O–H groups in total. The van der Waals surface area contributed by atoms with Gasteiger partial charge in [0.1, 0.15) is 23.1 Å². The van der Waals surface area contributed by atoms with Crippen molar-refractivity contribution in [3.05, 3.63) is 93.8 Å². The molecule has 3 aromatic rings. The molecule has 142 valence electrons. The second-order valence-corrected chi connectivity index (χ2v) is 7.28. The molecule has 0 saturated carbocycles. The second-order valence-electron chi connectivity index (χ2n) is 6.36. The summed E-state index contributed by atoms with van der Waals surface area (Å²) in [6.45, 7) is 0. The van der Waals surface area contributed by atoms with E-state index in [1.807, 2.05) is 54.6 Å². The molecule has 3 aromatic carbocycles. The van der Waals surface area contributed by atoms with Gasteiger partial charge in [0.2, 0.25) is 5.88 Å². The number of halogens is 1. The van der Waals surface area contributed by atoms with Crippen LogP contribution < -0.4 is 10.5 Å². The van der Waals surface area contributed by atoms with Crippen molar-refractivity contribution < 1.29 is 9.84 Å². The number of hydrogen-bond acceptors (Lipinski definition) is 6. The lowest BCUT2D eigenvalue weighted by Gasteiger charge is -2.27. The SMILES string of the molecule is N#CC1=C(N)Oc2ccc(N=Nc3ccccc3)c(O)c2C1c1cccc(Br)c1. The van der Waals surface area contributed by atoms with E-state index >= 15 is 0 Å². The quantitative estimate of drug-likeness (QED) is 0.496. The molecule has 0 aliphatic carbocycles. The standard InChI is InChI=1S/C22H15BrN4O2/c23-14-6-4-5-13(11-14)19-16(12-24)22(25)29-18-10-9-17(21(28)20(18)19)27-26-15-7-2-1-3-8-15/h1-11,19,28H,25H2. The van der Waals surface area contributed by atoms with Crippen molar-refractivity contribution in [1.29, 1.82) is 5.26 Å². The first-order valence-electron chi connectivity index (χ1n) is 8.74. The van der Waals surface area contributed by atoms with Crippen LogP contribution in [0, 0.1) is 11.3 Å². The number of nitrogens with zero attached hydrogens (tertiary/aromatic N) is 3. The van der Waals surface area contributed by atoms with Gasteiger partial charge in [-0.1, -0.05) is 46.3 Å². The molecule has 29 heavy (non-hydrogen) atoms. The molecule has 0 amide bonds. The van der Waals surface area contributed by atoms with E-state index < -0.39 is 5.92 Å². The van der Waals surface area contributed by atoms with Crippen LogP contribution in [0.1, 0.15) is 17.0 Å². The van der Waals surface area contributed by atoms with E-state index in [1.165, 1.54) is 0 Å². The minimum Gasteiger partial charge on any atom is -0.505 e. The number of aromatic hydroxyl groups is 1. The van der Waals surface area contributed by atoms with Gasteiger partial charge in [-0.3, -0.25) is 0 Å². The minimum atomic E-state index is -0.590. The number of azo groups is 1. The summed E-state index contributed by atoms with van der Waals surface area (Å²) < 4.78 is 6.45. The molecule has 0 saturated heterocycles. The van der Waals surface area contributed by atoms with Crippen LogP contribution in [0.2, 0.25) is 0 Å². The number of nitrogens with two attached hydrogens (primary N) is 1. The lowest BCUT2D eigenvalue weighted by atomic mass is 9.83. The molecule has 0 bridgehead atoms. The summed E-state index contributed by atoms with van der Waals surface area (Å²) in [7, 11) is 0. The Bertz CT molecular complexity index is 1180. The van der Waals surface area contributed by atoms with Crippen LogP contribution in [0.4, 0.5) is 11.4 Å². The highest BCUT2D eigenvalue weighted by atomic mass is 79.9. The van der Waals surface area contributed by atoms with Gasteiger partial charge in [-0.15, -0.1) is 5.11 Å². The van der Waals surface area contributed by atoms with E-state index in [0.717, 1.165) is 10.0 Å². The summed E-state index contributed by atoms with van der Waals surface area (Å²) in [4.78, 5) is 0. The maximum absolute atomic E-state index is 11.0. The summed E-state index contributed by atoms with van der Waals surface area (Å²) in [6, 6.07) is 22.1.